The van der Waals surface area contributed by atoms with E-state index in [-0.39, 0.29) is 5.41 Å². The minimum atomic E-state index is 0.120. The lowest BCUT2D eigenvalue weighted by atomic mass is 9.87. The number of ether oxygens (including phenoxy) is 1. The Balaban J connectivity index is 2.20. The number of benzene rings is 2. The summed E-state index contributed by atoms with van der Waals surface area (Å²) < 4.78 is 5.80. The minimum Gasteiger partial charge on any atom is -0.456 e. The normalized spacial score (nSPS) is 11.2. The second-order valence-electron chi connectivity index (χ2n) is 5.89. The molecule has 21 heavy (non-hydrogen) atoms. The summed E-state index contributed by atoms with van der Waals surface area (Å²) >= 11 is 11.1. The van der Waals surface area contributed by atoms with Crippen LogP contribution in [0.2, 0.25) is 5.02 Å². The first-order valence-corrected chi connectivity index (χ1v) is 7.44. The fourth-order valence-corrected chi connectivity index (χ4v) is 2.23. The summed E-state index contributed by atoms with van der Waals surface area (Å²) in [4.78, 5) is 0.318. The molecule has 0 aromatic heterocycles. The molecule has 2 rings (SSSR count). The highest BCUT2D eigenvalue weighted by Gasteiger charge is 2.13. The molecule has 0 bridgehead atoms. The van der Waals surface area contributed by atoms with E-state index in [1.54, 1.807) is 18.2 Å². The van der Waals surface area contributed by atoms with Crippen LogP contribution in [0.15, 0.2) is 42.5 Å². The Morgan fingerprint density at radius 3 is 2.19 bits per heavy atom. The topological polar surface area (TPSA) is 35.2 Å². The van der Waals surface area contributed by atoms with Crippen LogP contribution in [0.1, 0.15) is 31.9 Å². The third-order valence-corrected chi connectivity index (χ3v) is 3.70. The molecule has 0 aliphatic carbocycles. The largest absolute Gasteiger partial charge is 0.456 e. The van der Waals surface area contributed by atoms with Crippen LogP contribution in [0.5, 0.6) is 11.5 Å². The van der Waals surface area contributed by atoms with E-state index >= 15 is 0 Å². The van der Waals surface area contributed by atoms with Crippen LogP contribution in [-0.2, 0) is 5.41 Å². The zero-order chi connectivity index (χ0) is 15.6. The standard InChI is InChI=1S/C17H18ClNOS/c1-17(2,3)12-5-7-13(8-6-12)20-15-9-4-11(16(19)21)10-14(15)18/h4-10H,1-3H3,(H2,19,21). The molecule has 2 N–H and O–H groups in total. The van der Waals surface area contributed by atoms with Crippen LogP contribution in [0.25, 0.3) is 0 Å². The fraction of sp³-hybridized carbons (Fsp3) is 0.235. The molecule has 0 atom stereocenters. The molecule has 2 aromatic rings. The van der Waals surface area contributed by atoms with E-state index in [9.17, 15) is 0 Å². The zero-order valence-electron chi connectivity index (χ0n) is 12.3. The Kier molecular flexibility index (Phi) is 4.55. The van der Waals surface area contributed by atoms with Gasteiger partial charge in [-0.15, -0.1) is 0 Å². The van der Waals surface area contributed by atoms with Gasteiger partial charge in [-0.05, 0) is 41.3 Å². The molecule has 2 nitrogen and oxygen atoms in total. The smallest absolute Gasteiger partial charge is 0.146 e. The Morgan fingerprint density at radius 2 is 1.71 bits per heavy atom. The second-order valence-corrected chi connectivity index (χ2v) is 6.73. The van der Waals surface area contributed by atoms with Gasteiger partial charge in [0.1, 0.15) is 16.5 Å². The molecule has 0 saturated heterocycles. The van der Waals surface area contributed by atoms with Crippen molar-refractivity contribution in [3.05, 3.63) is 58.6 Å². The maximum atomic E-state index is 6.19. The highest BCUT2D eigenvalue weighted by atomic mass is 35.5. The first-order valence-electron chi connectivity index (χ1n) is 6.65. The predicted molar refractivity (Wildman–Crippen MR) is 92.6 cm³/mol. The Labute approximate surface area is 135 Å². The minimum absolute atomic E-state index is 0.120. The van der Waals surface area contributed by atoms with Gasteiger partial charge in [0, 0.05) is 5.56 Å². The average Bonchev–Trinajstić information content (AvgIpc) is 2.40. The molecule has 2 aromatic carbocycles. The lowest BCUT2D eigenvalue weighted by molar-refractivity contribution is 0.481. The van der Waals surface area contributed by atoms with Gasteiger partial charge in [-0.25, -0.2) is 0 Å². The molecule has 0 spiro atoms. The third kappa shape index (κ3) is 3.96. The maximum Gasteiger partial charge on any atom is 0.146 e. The molecule has 0 aliphatic rings. The number of hydrogen-bond donors (Lipinski definition) is 1. The molecule has 0 saturated carbocycles. The van der Waals surface area contributed by atoms with Crippen molar-refractivity contribution in [1.29, 1.82) is 0 Å². The van der Waals surface area contributed by atoms with Crippen molar-refractivity contribution < 1.29 is 4.74 Å². The van der Waals surface area contributed by atoms with Gasteiger partial charge in [-0.2, -0.15) is 0 Å². The predicted octanol–water partition coefficient (Wildman–Crippen LogP) is 5.06. The van der Waals surface area contributed by atoms with Crippen molar-refractivity contribution in [1.82, 2.24) is 0 Å². The van der Waals surface area contributed by atoms with Crippen molar-refractivity contribution in [3.8, 4) is 11.5 Å². The highest BCUT2D eigenvalue weighted by Crippen LogP contribution is 2.31. The van der Waals surface area contributed by atoms with Crippen molar-refractivity contribution in [2.24, 2.45) is 5.73 Å². The Morgan fingerprint density at radius 1 is 1.10 bits per heavy atom. The highest BCUT2D eigenvalue weighted by molar-refractivity contribution is 7.80. The van der Waals surface area contributed by atoms with Crippen LogP contribution in [0.4, 0.5) is 0 Å². The molecule has 0 unspecified atom stereocenters. The summed E-state index contributed by atoms with van der Waals surface area (Å²) in [5.41, 5.74) is 7.68. The first-order chi connectivity index (χ1) is 9.77. The molecular weight excluding hydrogens is 302 g/mol. The van der Waals surface area contributed by atoms with Gasteiger partial charge < -0.3 is 10.5 Å². The van der Waals surface area contributed by atoms with Gasteiger partial charge in [0.25, 0.3) is 0 Å². The van der Waals surface area contributed by atoms with E-state index in [0.717, 1.165) is 11.3 Å². The number of nitrogens with two attached hydrogens (primary N) is 1. The van der Waals surface area contributed by atoms with E-state index in [1.165, 1.54) is 5.56 Å². The number of rotatable bonds is 3. The van der Waals surface area contributed by atoms with Crippen LogP contribution in [0.3, 0.4) is 0 Å². The van der Waals surface area contributed by atoms with Crippen LogP contribution >= 0.6 is 23.8 Å². The van der Waals surface area contributed by atoms with Crippen molar-refractivity contribution in [3.63, 3.8) is 0 Å². The quantitative estimate of drug-likeness (QED) is 0.803. The summed E-state index contributed by atoms with van der Waals surface area (Å²) in [6.07, 6.45) is 0. The van der Waals surface area contributed by atoms with Gasteiger partial charge in [0.2, 0.25) is 0 Å². The van der Waals surface area contributed by atoms with E-state index in [2.05, 4.69) is 32.9 Å². The van der Waals surface area contributed by atoms with Crippen LogP contribution < -0.4 is 10.5 Å². The molecular formula is C17H18ClNOS. The molecule has 0 aliphatic heterocycles. The van der Waals surface area contributed by atoms with Crippen molar-refractivity contribution >= 4 is 28.8 Å². The SMILES string of the molecule is CC(C)(C)c1ccc(Oc2ccc(C(N)=S)cc2Cl)cc1. The summed E-state index contributed by atoms with van der Waals surface area (Å²) in [6, 6.07) is 13.3. The van der Waals surface area contributed by atoms with Crippen LogP contribution in [0, 0.1) is 0 Å². The zero-order valence-corrected chi connectivity index (χ0v) is 13.9. The fourth-order valence-electron chi connectivity index (χ4n) is 1.89. The lowest BCUT2D eigenvalue weighted by Gasteiger charge is -2.19. The Hall–Kier alpha value is -1.58. The van der Waals surface area contributed by atoms with Crippen LogP contribution in [-0.4, -0.2) is 4.99 Å². The summed E-state index contributed by atoms with van der Waals surface area (Å²) in [5.74, 6) is 1.33. The van der Waals surface area contributed by atoms with Crippen molar-refractivity contribution in [2.75, 3.05) is 0 Å². The van der Waals surface area contributed by atoms with Gasteiger partial charge in [-0.1, -0.05) is 56.7 Å². The second kappa shape index (κ2) is 6.04. The van der Waals surface area contributed by atoms with Gasteiger partial charge in [0.05, 0.1) is 5.02 Å². The van der Waals surface area contributed by atoms with Gasteiger partial charge in [-0.3, -0.25) is 0 Å². The summed E-state index contributed by atoms with van der Waals surface area (Å²) in [7, 11) is 0. The lowest BCUT2D eigenvalue weighted by Crippen LogP contribution is -2.10. The van der Waals surface area contributed by atoms with Gasteiger partial charge >= 0.3 is 0 Å². The summed E-state index contributed by atoms with van der Waals surface area (Å²) in [5, 5.41) is 0.486. The van der Waals surface area contributed by atoms with E-state index in [4.69, 9.17) is 34.3 Å². The van der Waals surface area contributed by atoms with Crippen molar-refractivity contribution in [2.45, 2.75) is 26.2 Å². The average molecular weight is 320 g/mol. The molecule has 4 heteroatoms. The maximum absolute atomic E-state index is 6.19. The molecule has 0 fully saturated rings. The number of hydrogen-bond acceptors (Lipinski definition) is 2. The molecule has 0 amide bonds. The monoisotopic (exact) mass is 319 g/mol. The summed E-state index contributed by atoms with van der Waals surface area (Å²) in [6.45, 7) is 6.52. The number of halogens is 1. The third-order valence-electron chi connectivity index (χ3n) is 3.16. The molecule has 0 heterocycles. The van der Waals surface area contributed by atoms with E-state index in [1.807, 2.05) is 12.1 Å². The van der Waals surface area contributed by atoms with E-state index in [0.29, 0.717) is 15.8 Å². The first kappa shape index (κ1) is 15.8. The molecule has 0 radical (unpaired) electrons. The van der Waals surface area contributed by atoms with E-state index < -0.39 is 0 Å². The molecule has 110 valence electrons. The number of thiocarbonyl (C=S) groups is 1. The van der Waals surface area contributed by atoms with Gasteiger partial charge in [0.15, 0.2) is 0 Å². The Bertz CT molecular complexity index is 659.